The third-order valence-corrected chi connectivity index (χ3v) is 4.70. The Kier molecular flexibility index (Phi) is 4.44. The van der Waals surface area contributed by atoms with Gasteiger partial charge in [0.25, 0.3) is 0 Å². The molecular formula is C20H24N4. The first-order chi connectivity index (χ1) is 11.5. The fourth-order valence-electron chi connectivity index (χ4n) is 3.52. The highest BCUT2D eigenvalue weighted by atomic mass is 15.3. The van der Waals surface area contributed by atoms with Crippen LogP contribution in [0.2, 0.25) is 0 Å². The fourth-order valence-corrected chi connectivity index (χ4v) is 3.52. The van der Waals surface area contributed by atoms with E-state index < -0.39 is 0 Å². The van der Waals surface area contributed by atoms with E-state index in [9.17, 15) is 5.26 Å². The van der Waals surface area contributed by atoms with Crippen LogP contribution in [-0.4, -0.2) is 30.7 Å². The Morgan fingerprint density at radius 3 is 2.62 bits per heavy atom. The summed E-state index contributed by atoms with van der Waals surface area (Å²) in [6, 6.07) is 13.3. The molecule has 0 aliphatic carbocycles. The second-order valence-corrected chi connectivity index (χ2v) is 6.72. The van der Waals surface area contributed by atoms with Crippen LogP contribution in [-0.2, 0) is 0 Å². The van der Waals surface area contributed by atoms with Gasteiger partial charge >= 0.3 is 0 Å². The first-order valence-corrected chi connectivity index (χ1v) is 8.46. The molecule has 1 aliphatic heterocycles. The minimum atomic E-state index is 0.370. The number of hydrogen-bond acceptors (Lipinski definition) is 4. The van der Waals surface area contributed by atoms with Crippen molar-refractivity contribution in [2.45, 2.75) is 33.7 Å². The van der Waals surface area contributed by atoms with Crippen molar-refractivity contribution in [3.63, 3.8) is 0 Å². The van der Waals surface area contributed by atoms with Gasteiger partial charge in [-0.05, 0) is 57.0 Å². The van der Waals surface area contributed by atoms with E-state index in [-0.39, 0.29) is 0 Å². The Morgan fingerprint density at radius 2 is 1.96 bits per heavy atom. The molecule has 124 valence electrons. The molecule has 2 heterocycles. The lowest BCUT2D eigenvalue weighted by molar-refractivity contribution is 0.546. The van der Waals surface area contributed by atoms with Crippen molar-refractivity contribution in [3.05, 3.63) is 52.7 Å². The van der Waals surface area contributed by atoms with Crippen molar-refractivity contribution in [1.82, 2.24) is 4.98 Å². The summed E-state index contributed by atoms with van der Waals surface area (Å²) in [6.07, 6.45) is 0. The second-order valence-electron chi connectivity index (χ2n) is 6.72. The molecule has 1 aromatic heterocycles. The van der Waals surface area contributed by atoms with Crippen molar-refractivity contribution in [3.8, 4) is 6.07 Å². The molecule has 2 aromatic rings. The highest BCUT2D eigenvalue weighted by molar-refractivity contribution is 5.60. The van der Waals surface area contributed by atoms with Gasteiger partial charge in [-0.3, -0.25) is 0 Å². The van der Waals surface area contributed by atoms with Crippen LogP contribution in [0.25, 0.3) is 0 Å². The van der Waals surface area contributed by atoms with Gasteiger partial charge < -0.3 is 9.80 Å². The topological polar surface area (TPSA) is 43.2 Å². The number of anilines is 2. The minimum Gasteiger partial charge on any atom is -0.365 e. The molecule has 24 heavy (non-hydrogen) atoms. The molecular weight excluding hydrogens is 296 g/mol. The zero-order chi connectivity index (χ0) is 17.3. The Morgan fingerprint density at radius 1 is 1.17 bits per heavy atom. The third kappa shape index (κ3) is 3.07. The quantitative estimate of drug-likeness (QED) is 0.848. The Hall–Kier alpha value is -2.54. The maximum atomic E-state index is 9.52. The monoisotopic (exact) mass is 320 g/mol. The van der Waals surface area contributed by atoms with Crippen molar-refractivity contribution < 1.29 is 0 Å². The van der Waals surface area contributed by atoms with Gasteiger partial charge in [0, 0.05) is 37.1 Å². The molecule has 1 fully saturated rings. The molecule has 0 spiro atoms. The standard InChI is InChI=1S/C20H24N4/c1-14-6-5-7-18(10-14)24-9-8-23(13-17(24)4)20-19(12-21)15(2)11-16(3)22-20/h5-7,10-11,17H,8-9,13H2,1-4H3/t17-/m0/s1. The molecule has 3 rings (SSSR count). The zero-order valence-electron chi connectivity index (χ0n) is 14.9. The van der Waals surface area contributed by atoms with Crippen LogP contribution in [0, 0.1) is 32.1 Å². The van der Waals surface area contributed by atoms with E-state index in [1.165, 1.54) is 11.3 Å². The van der Waals surface area contributed by atoms with Gasteiger partial charge in [0.15, 0.2) is 0 Å². The van der Waals surface area contributed by atoms with Gasteiger partial charge in [-0.25, -0.2) is 4.98 Å². The maximum absolute atomic E-state index is 9.52. The lowest BCUT2D eigenvalue weighted by atomic mass is 10.1. The van der Waals surface area contributed by atoms with E-state index in [1.807, 2.05) is 19.9 Å². The summed E-state index contributed by atoms with van der Waals surface area (Å²) in [5, 5.41) is 9.52. The summed E-state index contributed by atoms with van der Waals surface area (Å²) in [5.74, 6) is 0.839. The van der Waals surface area contributed by atoms with Crippen LogP contribution in [0.5, 0.6) is 0 Å². The number of rotatable bonds is 2. The van der Waals surface area contributed by atoms with Crippen LogP contribution >= 0.6 is 0 Å². The van der Waals surface area contributed by atoms with Crippen molar-refractivity contribution in [2.75, 3.05) is 29.4 Å². The van der Waals surface area contributed by atoms with E-state index in [2.05, 4.69) is 59.0 Å². The van der Waals surface area contributed by atoms with Gasteiger partial charge in [0.05, 0.1) is 5.56 Å². The number of nitrogens with zero attached hydrogens (tertiary/aromatic N) is 4. The molecule has 0 unspecified atom stereocenters. The lowest BCUT2D eigenvalue weighted by Gasteiger charge is -2.42. The average molecular weight is 320 g/mol. The van der Waals surface area contributed by atoms with Gasteiger partial charge in [0.1, 0.15) is 11.9 Å². The minimum absolute atomic E-state index is 0.370. The molecule has 1 atom stereocenters. The smallest absolute Gasteiger partial charge is 0.147 e. The molecule has 1 aromatic carbocycles. The van der Waals surface area contributed by atoms with Gasteiger partial charge in [-0.2, -0.15) is 5.26 Å². The summed E-state index contributed by atoms with van der Waals surface area (Å²) >= 11 is 0. The second kappa shape index (κ2) is 6.52. The number of hydrogen-bond donors (Lipinski definition) is 0. The first-order valence-electron chi connectivity index (χ1n) is 8.46. The maximum Gasteiger partial charge on any atom is 0.147 e. The summed E-state index contributed by atoms with van der Waals surface area (Å²) in [5.41, 5.74) is 5.24. The average Bonchev–Trinajstić information content (AvgIpc) is 2.54. The van der Waals surface area contributed by atoms with Gasteiger partial charge in [-0.1, -0.05) is 12.1 Å². The molecule has 4 heteroatoms. The molecule has 1 saturated heterocycles. The molecule has 0 saturated carbocycles. The Labute approximate surface area is 144 Å². The lowest BCUT2D eigenvalue weighted by Crippen LogP contribution is -2.52. The first kappa shape index (κ1) is 16.3. The van der Waals surface area contributed by atoms with Crippen molar-refractivity contribution >= 4 is 11.5 Å². The molecule has 4 nitrogen and oxygen atoms in total. The van der Waals surface area contributed by atoms with Crippen LogP contribution < -0.4 is 9.80 Å². The fraction of sp³-hybridized carbons (Fsp3) is 0.400. The molecule has 0 amide bonds. The normalized spacial score (nSPS) is 17.7. The number of piperazine rings is 1. The van der Waals surface area contributed by atoms with Crippen LogP contribution in [0.3, 0.4) is 0 Å². The molecule has 0 bridgehead atoms. The summed E-state index contributed by atoms with van der Waals surface area (Å²) in [6.45, 7) is 11.0. The summed E-state index contributed by atoms with van der Waals surface area (Å²) in [4.78, 5) is 9.36. The van der Waals surface area contributed by atoms with Crippen LogP contribution in [0.1, 0.15) is 29.3 Å². The molecule has 1 aliphatic rings. The number of benzene rings is 1. The van der Waals surface area contributed by atoms with E-state index in [4.69, 9.17) is 0 Å². The van der Waals surface area contributed by atoms with Crippen LogP contribution in [0.4, 0.5) is 11.5 Å². The van der Waals surface area contributed by atoms with E-state index >= 15 is 0 Å². The summed E-state index contributed by atoms with van der Waals surface area (Å²) < 4.78 is 0. The zero-order valence-corrected chi connectivity index (χ0v) is 14.9. The van der Waals surface area contributed by atoms with Crippen LogP contribution in [0.15, 0.2) is 30.3 Å². The Bertz CT molecular complexity index is 791. The van der Waals surface area contributed by atoms with E-state index in [0.29, 0.717) is 11.6 Å². The van der Waals surface area contributed by atoms with E-state index in [0.717, 1.165) is 36.7 Å². The largest absolute Gasteiger partial charge is 0.365 e. The van der Waals surface area contributed by atoms with E-state index in [1.54, 1.807) is 0 Å². The highest BCUT2D eigenvalue weighted by Crippen LogP contribution is 2.27. The van der Waals surface area contributed by atoms with Crippen molar-refractivity contribution in [2.24, 2.45) is 0 Å². The predicted octanol–water partition coefficient (Wildman–Crippen LogP) is 3.59. The van der Waals surface area contributed by atoms with Gasteiger partial charge in [-0.15, -0.1) is 0 Å². The van der Waals surface area contributed by atoms with Crippen molar-refractivity contribution in [1.29, 1.82) is 5.26 Å². The SMILES string of the molecule is Cc1cccc(N2CCN(c3nc(C)cc(C)c3C#N)C[C@@H]2C)c1. The molecule has 0 N–H and O–H groups in total. The predicted molar refractivity (Wildman–Crippen MR) is 98.6 cm³/mol. The third-order valence-electron chi connectivity index (χ3n) is 4.70. The summed E-state index contributed by atoms with van der Waals surface area (Å²) in [7, 11) is 0. The van der Waals surface area contributed by atoms with Gasteiger partial charge in [0.2, 0.25) is 0 Å². The highest BCUT2D eigenvalue weighted by Gasteiger charge is 2.26. The molecule has 0 radical (unpaired) electrons. The Balaban J connectivity index is 1.85. The number of nitriles is 1. The number of aromatic nitrogens is 1. The number of pyridine rings is 1. The number of aryl methyl sites for hydroxylation is 3.